The van der Waals surface area contributed by atoms with Crippen molar-refractivity contribution >= 4 is 0 Å². The van der Waals surface area contributed by atoms with Gasteiger partial charge in [0.1, 0.15) is 0 Å². The first-order chi connectivity index (χ1) is 1.73. The van der Waals surface area contributed by atoms with Gasteiger partial charge in [0.15, 0.2) is 0 Å². The average molecular weight is 198 g/mol. The zero-order valence-electron chi connectivity index (χ0n) is 5.43. The van der Waals surface area contributed by atoms with Gasteiger partial charge in [-0.15, -0.1) is 0 Å². The van der Waals surface area contributed by atoms with E-state index in [4.69, 9.17) is 15.3 Å². The second-order valence-electron chi connectivity index (χ2n) is 0.224. The first kappa shape index (κ1) is 45.2. The largest absolute Gasteiger partial charge is 1.00 e. The third kappa shape index (κ3) is 189. The van der Waals surface area contributed by atoms with Crippen LogP contribution in [-0.4, -0.2) is 5.09 Å². The molecule has 0 unspecified atom stereocenters. The van der Waals surface area contributed by atoms with Crippen molar-refractivity contribution in [3.63, 3.8) is 0 Å². The molecule has 0 aromatic carbocycles. The molecule has 0 aromatic heterocycles. The molecule has 0 heterocycles. The van der Waals surface area contributed by atoms with Crippen molar-refractivity contribution in [1.82, 2.24) is 0 Å². The van der Waals surface area contributed by atoms with Crippen LogP contribution in [0.15, 0.2) is 0 Å². The van der Waals surface area contributed by atoms with Crippen molar-refractivity contribution in [2.24, 2.45) is 0 Å². The molecular weight excluding hydrogens is 198 g/mol. The van der Waals surface area contributed by atoms with Crippen LogP contribution in [0.2, 0.25) is 0 Å². The van der Waals surface area contributed by atoms with E-state index in [9.17, 15) is 0 Å². The van der Waals surface area contributed by atoms with Gasteiger partial charge < -0.3 is 44.7 Å². The molecule has 0 radical (unpaired) electrons. The normalized spacial score (nSPS) is 2.67. The minimum Gasteiger partial charge on any atom is -1.00 e. The topological polar surface area (TPSA) is 66.2 Å². The number of nitrogens with zero attached hydrogens (tertiary/aromatic N) is 1. The molecule has 9 heavy (non-hydrogen) atoms. The Morgan fingerprint density at radius 1 is 1.00 bits per heavy atom. The van der Waals surface area contributed by atoms with Gasteiger partial charge in [0.05, 0.1) is 5.09 Å². The van der Waals surface area contributed by atoms with Crippen molar-refractivity contribution in [3.8, 4) is 0 Å². The summed E-state index contributed by atoms with van der Waals surface area (Å²) in [6, 6.07) is 0. The van der Waals surface area contributed by atoms with Gasteiger partial charge in [-0.25, -0.2) is 0 Å². The van der Waals surface area contributed by atoms with Crippen molar-refractivity contribution < 1.29 is 91.1 Å². The van der Waals surface area contributed by atoms with E-state index >= 15 is 0 Å². The van der Waals surface area contributed by atoms with Crippen LogP contribution >= 0.6 is 0 Å². The van der Waals surface area contributed by atoms with Gasteiger partial charge in [-0.2, -0.15) is 0 Å². The Bertz CT molecular complexity index is 42.0. The van der Waals surface area contributed by atoms with Crippen LogP contribution in [0.25, 0.3) is 0 Å². The molecule has 0 amide bonds. The SMILES string of the molecule is O=[N+]([O-])[O-].[Br-].[Cl-].[Li+].[Li+].[Li+]. The third-order valence-corrected chi connectivity index (χ3v) is 0. The zero-order chi connectivity index (χ0) is 3.58. The fourth-order valence-electron chi connectivity index (χ4n) is 0. The molecule has 0 bridgehead atoms. The third-order valence-electron chi connectivity index (χ3n) is 0. The molecule has 0 N–H and O–H groups in total. The summed E-state index contributed by atoms with van der Waals surface area (Å²) in [5.74, 6) is 0. The summed E-state index contributed by atoms with van der Waals surface area (Å²) in [4.78, 5) is 8.25. The van der Waals surface area contributed by atoms with Gasteiger partial charge in [-0.05, 0) is 0 Å². The molecule has 0 aromatic rings. The number of hydrogen-bond donors (Lipinski definition) is 0. The summed E-state index contributed by atoms with van der Waals surface area (Å²) in [6.45, 7) is 0. The minimum atomic E-state index is -1.75. The van der Waals surface area contributed by atoms with Crippen LogP contribution in [0.4, 0.5) is 0 Å². The van der Waals surface area contributed by atoms with Crippen molar-refractivity contribution in [2.75, 3.05) is 0 Å². The Kier molecular flexibility index (Phi) is 166. The fraction of sp³-hybridized carbons (Fsp3) is 0. The first-order valence-corrected chi connectivity index (χ1v) is 0.548. The van der Waals surface area contributed by atoms with Gasteiger partial charge >= 0.3 is 56.6 Å². The van der Waals surface area contributed by atoms with Gasteiger partial charge in [-0.3, -0.25) is 0 Å². The molecular formula is BrClLi3NO3. The van der Waals surface area contributed by atoms with Crippen LogP contribution in [0, 0.1) is 15.3 Å². The van der Waals surface area contributed by atoms with E-state index in [0.29, 0.717) is 0 Å². The molecule has 0 aliphatic rings. The zero-order valence-corrected chi connectivity index (χ0v) is 7.77. The molecule has 9 heteroatoms. The number of hydrogen-bond acceptors (Lipinski definition) is 3. The van der Waals surface area contributed by atoms with E-state index in [1.165, 1.54) is 0 Å². The molecule has 0 saturated carbocycles. The van der Waals surface area contributed by atoms with E-state index < -0.39 is 5.09 Å². The van der Waals surface area contributed by atoms with Crippen molar-refractivity contribution in [3.05, 3.63) is 15.3 Å². The van der Waals surface area contributed by atoms with E-state index in [2.05, 4.69) is 0 Å². The molecule has 0 spiro atoms. The Morgan fingerprint density at radius 3 is 1.00 bits per heavy atom. The summed E-state index contributed by atoms with van der Waals surface area (Å²) in [6.07, 6.45) is 0. The van der Waals surface area contributed by atoms with Crippen LogP contribution in [0.1, 0.15) is 0 Å². The van der Waals surface area contributed by atoms with Gasteiger partial charge in [0.25, 0.3) is 0 Å². The summed E-state index contributed by atoms with van der Waals surface area (Å²) in [7, 11) is 0. The standard InChI is InChI=1S/BrH.ClH.3Li.NO3/c;;;;;2-1(3)4/h2*1H;;;;/q;;3*+1;-1/p-2. The summed E-state index contributed by atoms with van der Waals surface area (Å²) in [5.41, 5.74) is 0. The molecule has 40 valence electrons. The fourth-order valence-corrected chi connectivity index (χ4v) is 0. The summed E-state index contributed by atoms with van der Waals surface area (Å²) < 4.78 is 0. The average Bonchev–Trinajstić information content (AvgIpc) is 0.811. The Morgan fingerprint density at radius 2 is 1.00 bits per heavy atom. The maximum Gasteiger partial charge on any atom is 1.00 e. The quantitative estimate of drug-likeness (QED) is 0.220. The smallest absolute Gasteiger partial charge is 1.00 e. The molecule has 0 aliphatic carbocycles. The van der Waals surface area contributed by atoms with Crippen molar-refractivity contribution in [2.45, 2.75) is 0 Å². The Hall–Kier alpha value is 1.76. The van der Waals surface area contributed by atoms with Crippen molar-refractivity contribution in [1.29, 1.82) is 0 Å². The van der Waals surface area contributed by atoms with Gasteiger partial charge in [0, 0.05) is 0 Å². The minimum absolute atomic E-state index is 0. The number of halogens is 2. The molecule has 0 rings (SSSR count). The second kappa shape index (κ2) is 33.0. The van der Waals surface area contributed by atoms with Crippen LogP contribution < -0.4 is 86.0 Å². The van der Waals surface area contributed by atoms with E-state index in [-0.39, 0.29) is 86.0 Å². The maximum atomic E-state index is 8.25. The number of rotatable bonds is 0. The van der Waals surface area contributed by atoms with E-state index in [1.54, 1.807) is 0 Å². The van der Waals surface area contributed by atoms with E-state index in [1.807, 2.05) is 0 Å². The summed E-state index contributed by atoms with van der Waals surface area (Å²) in [5, 5.41) is 14.8. The predicted octanol–water partition coefficient (Wildman–Crippen LogP) is -15.2. The molecule has 0 aliphatic heterocycles. The van der Waals surface area contributed by atoms with Gasteiger partial charge in [-0.1, -0.05) is 0 Å². The van der Waals surface area contributed by atoms with Gasteiger partial charge in [0.2, 0.25) is 0 Å². The molecule has 0 saturated heterocycles. The first-order valence-electron chi connectivity index (χ1n) is 0.548. The van der Waals surface area contributed by atoms with Crippen LogP contribution in [-0.2, 0) is 0 Å². The Balaban J connectivity index is -0.00000000450. The second-order valence-corrected chi connectivity index (χ2v) is 0.224. The molecule has 0 fully saturated rings. The maximum absolute atomic E-state index is 8.25. The monoisotopic (exact) mass is 197 g/mol. The van der Waals surface area contributed by atoms with Crippen LogP contribution in [0.3, 0.4) is 0 Å². The molecule has 0 atom stereocenters. The predicted molar refractivity (Wildman–Crippen MR) is 10.4 cm³/mol. The van der Waals surface area contributed by atoms with E-state index in [0.717, 1.165) is 0 Å². The summed E-state index contributed by atoms with van der Waals surface area (Å²) >= 11 is 0. The molecule has 4 nitrogen and oxygen atoms in total. The van der Waals surface area contributed by atoms with Crippen LogP contribution in [0.5, 0.6) is 0 Å². The Labute approximate surface area is 105 Å².